The number of esters is 1. The van der Waals surface area contributed by atoms with Gasteiger partial charge in [0.2, 0.25) is 0 Å². The van der Waals surface area contributed by atoms with E-state index in [2.05, 4.69) is 41.9 Å². The standard InChI is InChI=1S/C12H15Br2NO3/c1-17-12(16)11(14)8-15-6-7-18-10-4-2-9(13)3-5-10/h2-5,11,15H,6-8H2,1H3. The van der Waals surface area contributed by atoms with E-state index in [9.17, 15) is 4.79 Å². The van der Waals surface area contributed by atoms with Crippen molar-refractivity contribution in [2.45, 2.75) is 4.83 Å². The molecule has 0 aliphatic rings. The van der Waals surface area contributed by atoms with Crippen molar-refractivity contribution in [2.75, 3.05) is 26.8 Å². The molecule has 0 amide bonds. The number of rotatable bonds is 7. The van der Waals surface area contributed by atoms with E-state index in [0.717, 1.165) is 10.2 Å². The second-order valence-corrected chi connectivity index (χ2v) is 5.52. The van der Waals surface area contributed by atoms with E-state index in [1.807, 2.05) is 24.3 Å². The van der Waals surface area contributed by atoms with Crippen LogP contribution in [0.3, 0.4) is 0 Å². The van der Waals surface area contributed by atoms with E-state index in [1.165, 1.54) is 7.11 Å². The van der Waals surface area contributed by atoms with Crippen LogP contribution < -0.4 is 10.1 Å². The van der Waals surface area contributed by atoms with Crippen LogP contribution in [0, 0.1) is 0 Å². The Kier molecular flexibility index (Phi) is 7.31. The zero-order valence-electron chi connectivity index (χ0n) is 9.99. The molecule has 1 aromatic rings. The lowest BCUT2D eigenvalue weighted by Crippen LogP contribution is -2.32. The van der Waals surface area contributed by atoms with Gasteiger partial charge in [-0.05, 0) is 24.3 Å². The zero-order chi connectivity index (χ0) is 13.4. The summed E-state index contributed by atoms with van der Waals surface area (Å²) in [6.07, 6.45) is 0. The Morgan fingerprint density at radius 1 is 1.39 bits per heavy atom. The van der Waals surface area contributed by atoms with E-state index in [1.54, 1.807) is 0 Å². The summed E-state index contributed by atoms with van der Waals surface area (Å²) in [7, 11) is 1.37. The summed E-state index contributed by atoms with van der Waals surface area (Å²) in [5.74, 6) is 0.541. The van der Waals surface area contributed by atoms with Gasteiger partial charge >= 0.3 is 5.97 Å². The largest absolute Gasteiger partial charge is 0.492 e. The number of hydrogen-bond acceptors (Lipinski definition) is 4. The molecule has 0 spiro atoms. The molecule has 1 unspecified atom stereocenters. The van der Waals surface area contributed by atoms with E-state index < -0.39 is 0 Å². The molecule has 4 nitrogen and oxygen atoms in total. The number of alkyl halides is 1. The molecule has 0 saturated carbocycles. The summed E-state index contributed by atoms with van der Waals surface area (Å²) in [5.41, 5.74) is 0. The highest BCUT2D eigenvalue weighted by Gasteiger charge is 2.13. The molecule has 0 aromatic heterocycles. The van der Waals surface area contributed by atoms with E-state index in [0.29, 0.717) is 19.7 Å². The van der Waals surface area contributed by atoms with Crippen LogP contribution in [0.2, 0.25) is 0 Å². The highest BCUT2D eigenvalue weighted by molar-refractivity contribution is 9.10. The minimum absolute atomic E-state index is 0.281. The molecule has 100 valence electrons. The fourth-order valence-corrected chi connectivity index (χ4v) is 1.89. The number of methoxy groups -OCH3 is 1. The number of nitrogens with one attached hydrogen (secondary N) is 1. The Labute approximate surface area is 123 Å². The molecule has 1 rings (SSSR count). The zero-order valence-corrected chi connectivity index (χ0v) is 13.2. The molecule has 6 heteroatoms. The molecule has 1 aromatic carbocycles. The van der Waals surface area contributed by atoms with Crippen molar-refractivity contribution in [1.29, 1.82) is 0 Å². The van der Waals surface area contributed by atoms with Gasteiger partial charge in [-0.1, -0.05) is 31.9 Å². The first kappa shape index (κ1) is 15.5. The first-order chi connectivity index (χ1) is 8.63. The topological polar surface area (TPSA) is 47.6 Å². The Morgan fingerprint density at radius 3 is 2.67 bits per heavy atom. The summed E-state index contributed by atoms with van der Waals surface area (Å²) in [5, 5.41) is 3.10. The van der Waals surface area contributed by atoms with Gasteiger partial charge < -0.3 is 14.8 Å². The van der Waals surface area contributed by atoms with Gasteiger partial charge in [-0.25, -0.2) is 0 Å². The van der Waals surface area contributed by atoms with Gasteiger partial charge in [0, 0.05) is 17.6 Å². The van der Waals surface area contributed by atoms with Crippen LogP contribution in [0.25, 0.3) is 0 Å². The maximum atomic E-state index is 11.1. The Morgan fingerprint density at radius 2 is 2.06 bits per heavy atom. The molecule has 0 aliphatic carbocycles. The predicted molar refractivity (Wildman–Crippen MR) is 77.2 cm³/mol. The van der Waals surface area contributed by atoms with Crippen LogP contribution in [-0.4, -0.2) is 37.6 Å². The minimum Gasteiger partial charge on any atom is -0.492 e. The van der Waals surface area contributed by atoms with Crippen molar-refractivity contribution in [3.05, 3.63) is 28.7 Å². The van der Waals surface area contributed by atoms with Crippen LogP contribution >= 0.6 is 31.9 Å². The van der Waals surface area contributed by atoms with Gasteiger partial charge in [-0.2, -0.15) is 0 Å². The highest BCUT2D eigenvalue weighted by atomic mass is 79.9. The van der Waals surface area contributed by atoms with Gasteiger partial charge in [0.25, 0.3) is 0 Å². The minimum atomic E-state index is -0.324. The highest BCUT2D eigenvalue weighted by Crippen LogP contribution is 2.15. The summed E-state index contributed by atoms with van der Waals surface area (Å²) in [4.78, 5) is 10.8. The molecular weight excluding hydrogens is 366 g/mol. The summed E-state index contributed by atoms with van der Waals surface area (Å²) in [6, 6.07) is 7.64. The first-order valence-electron chi connectivity index (χ1n) is 5.44. The van der Waals surface area contributed by atoms with Crippen molar-refractivity contribution in [2.24, 2.45) is 0 Å². The molecule has 18 heavy (non-hydrogen) atoms. The molecule has 0 fully saturated rings. The van der Waals surface area contributed by atoms with E-state index in [-0.39, 0.29) is 10.8 Å². The van der Waals surface area contributed by atoms with Crippen molar-refractivity contribution in [3.8, 4) is 5.75 Å². The van der Waals surface area contributed by atoms with Gasteiger partial charge in [0.1, 0.15) is 17.2 Å². The fourth-order valence-electron chi connectivity index (χ4n) is 1.21. The van der Waals surface area contributed by atoms with E-state index in [4.69, 9.17) is 4.74 Å². The van der Waals surface area contributed by atoms with Crippen LogP contribution in [0.1, 0.15) is 0 Å². The molecule has 0 bridgehead atoms. The lowest BCUT2D eigenvalue weighted by molar-refractivity contribution is -0.139. The number of hydrogen-bond donors (Lipinski definition) is 1. The molecule has 0 heterocycles. The fraction of sp³-hybridized carbons (Fsp3) is 0.417. The quantitative estimate of drug-likeness (QED) is 0.448. The van der Waals surface area contributed by atoms with E-state index >= 15 is 0 Å². The lowest BCUT2D eigenvalue weighted by atomic mass is 10.3. The average Bonchev–Trinajstić information content (AvgIpc) is 2.39. The van der Waals surface area contributed by atoms with Crippen molar-refractivity contribution in [3.63, 3.8) is 0 Å². The average molecular weight is 381 g/mol. The molecular formula is C12H15Br2NO3. The normalized spacial score (nSPS) is 11.9. The second kappa shape index (κ2) is 8.50. The molecule has 0 saturated heterocycles. The lowest BCUT2D eigenvalue weighted by Gasteiger charge is -2.10. The monoisotopic (exact) mass is 379 g/mol. The van der Waals surface area contributed by atoms with Gasteiger partial charge in [-0.3, -0.25) is 4.79 Å². The smallest absolute Gasteiger partial charge is 0.320 e. The van der Waals surface area contributed by atoms with Crippen LogP contribution in [0.4, 0.5) is 0 Å². The molecule has 1 N–H and O–H groups in total. The first-order valence-corrected chi connectivity index (χ1v) is 7.15. The van der Waals surface area contributed by atoms with Crippen LogP contribution in [-0.2, 0) is 9.53 Å². The molecule has 0 radical (unpaired) electrons. The van der Waals surface area contributed by atoms with Crippen molar-refractivity contribution < 1.29 is 14.3 Å². The number of halogens is 2. The van der Waals surface area contributed by atoms with Gasteiger partial charge in [0.05, 0.1) is 7.11 Å². The molecule has 1 atom stereocenters. The predicted octanol–water partition coefficient (Wildman–Crippen LogP) is 2.35. The Bertz CT molecular complexity index is 370. The third-order valence-corrected chi connectivity index (χ3v) is 3.37. The maximum absolute atomic E-state index is 11.1. The van der Waals surface area contributed by atoms with Gasteiger partial charge in [0.15, 0.2) is 0 Å². The number of carbonyl (C=O) groups is 1. The summed E-state index contributed by atoms with van der Waals surface area (Å²) in [6.45, 7) is 1.72. The Hall–Kier alpha value is -0.590. The van der Waals surface area contributed by atoms with Crippen molar-refractivity contribution in [1.82, 2.24) is 5.32 Å². The second-order valence-electron chi connectivity index (χ2n) is 3.50. The number of benzene rings is 1. The third kappa shape index (κ3) is 5.84. The summed E-state index contributed by atoms with van der Waals surface area (Å²) >= 11 is 6.58. The SMILES string of the molecule is COC(=O)C(Br)CNCCOc1ccc(Br)cc1. The number of carbonyl (C=O) groups excluding carboxylic acids is 1. The molecule has 0 aliphatic heterocycles. The van der Waals surface area contributed by atoms with Crippen LogP contribution in [0.15, 0.2) is 28.7 Å². The maximum Gasteiger partial charge on any atom is 0.320 e. The third-order valence-electron chi connectivity index (χ3n) is 2.14. The van der Waals surface area contributed by atoms with Crippen molar-refractivity contribution >= 4 is 37.8 Å². The van der Waals surface area contributed by atoms with Crippen LogP contribution in [0.5, 0.6) is 5.75 Å². The van der Waals surface area contributed by atoms with Gasteiger partial charge in [-0.15, -0.1) is 0 Å². The number of ether oxygens (including phenoxy) is 2. The summed E-state index contributed by atoms with van der Waals surface area (Å²) < 4.78 is 11.1. The Balaban J connectivity index is 2.12.